The molecule has 2 aliphatic heterocycles. The molecular formula is C20H20FN3O4. The molecule has 0 saturated carbocycles. The molecule has 1 fully saturated rings. The number of amides is 3. The fourth-order valence-electron chi connectivity index (χ4n) is 3.21. The minimum atomic E-state index is -0.686. The summed E-state index contributed by atoms with van der Waals surface area (Å²) < 4.78 is 24.3. The van der Waals surface area contributed by atoms with Crippen LogP contribution in [0.15, 0.2) is 48.5 Å². The zero-order valence-electron chi connectivity index (χ0n) is 15.1. The molecule has 2 aliphatic rings. The van der Waals surface area contributed by atoms with E-state index in [4.69, 9.17) is 9.47 Å². The van der Waals surface area contributed by atoms with Crippen molar-refractivity contribution in [3.63, 3.8) is 0 Å². The summed E-state index contributed by atoms with van der Waals surface area (Å²) in [5, 5.41) is 2.73. The van der Waals surface area contributed by atoms with Gasteiger partial charge in [-0.2, -0.15) is 0 Å². The van der Waals surface area contributed by atoms with Crippen molar-refractivity contribution in [2.45, 2.75) is 6.10 Å². The molecule has 0 spiro atoms. The number of nitrogens with one attached hydrogen (secondary N) is 1. The van der Waals surface area contributed by atoms with Gasteiger partial charge in [-0.05, 0) is 36.4 Å². The van der Waals surface area contributed by atoms with Crippen molar-refractivity contribution >= 4 is 17.6 Å². The maximum atomic E-state index is 13.0. The molecule has 2 heterocycles. The Hall–Kier alpha value is -3.29. The minimum Gasteiger partial charge on any atom is -0.485 e. The van der Waals surface area contributed by atoms with Gasteiger partial charge in [-0.25, -0.2) is 9.18 Å². The highest BCUT2D eigenvalue weighted by Crippen LogP contribution is 2.31. The number of halogens is 1. The predicted octanol–water partition coefficient (Wildman–Crippen LogP) is 2.34. The van der Waals surface area contributed by atoms with E-state index in [2.05, 4.69) is 5.32 Å². The van der Waals surface area contributed by atoms with Gasteiger partial charge in [0.05, 0.1) is 0 Å². The highest BCUT2D eigenvalue weighted by molar-refractivity contribution is 5.89. The number of urea groups is 1. The van der Waals surface area contributed by atoms with Crippen molar-refractivity contribution in [2.24, 2.45) is 0 Å². The molecular weight excluding hydrogens is 365 g/mol. The molecule has 7 nitrogen and oxygen atoms in total. The van der Waals surface area contributed by atoms with Gasteiger partial charge in [0.25, 0.3) is 5.91 Å². The Balaban J connectivity index is 1.29. The number of hydrogen-bond acceptors (Lipinski definition) is 4. The maximum Gasteiger partial charge on any atom is 0.321 e. The van der Waals surface area contributed by atoms with Crippen molar-refractivity contribution < 1.29 is 23.5 Å². The number of anilines is 1. The molecule has 1 N–H and O–H groups in total. The Bertz CT molecular complexity index is 866. The van der Waals surface area contributed by atoms with Gasteiger partial charge in [0, 0.05) is 31.9 Å². The smallest absolute Gasteiger partial charge is 0.321 e. The van der Waals surface area contributed by atoms with E-state index in [0.717, 1.165) is 0 Å². The Morgan fingerprint density at radius 2 is 1.57 bits per heavy atom. The Labute approximate surface area is 161 Å². The van der Waals surface area contributed by atoms with Crippen LogP contribution in [0.3, 0.4) is 0 Å². The third-order valence-corrected chi connectivity index (χ3v) is 4.76. The molecule has 1 saturated heterocycles. The van der Waals surface area contributed by atoms with E-state index in [-0.39, 0.29) is 24.4 Å². The van der Waals surface area contributed by atoms with Gasteiger partial charge in [-0.15, -0.1) is 0 Å². The second kappa shape index (κ2) is 7.75. The number of carbonyl (C=O) groups is 2. The van der Waals surface area contributed by atoms with Crippen LogP contribution < -0.4 is 14.8 Å². The van der Waals surface area contributed by atoms with Crippen molar-refractivity contribution in [3.8, 4) is 11.5 Å². The lowest BCUT2D eigenvalue weighted by Crippen LogP contribution is -2.55. The van der Waals surface area contributed by atoms with Crippen molar-refractivity contribution in [2.75, 3.05) is 38.1 Å². The number of benzene rings is 2. The first-order valence-electron chi connectivity index (χ1n) is 9.09. The van der Waals surface area contributed by atoms with Gasteiger partial charge in [-0.3, -0.25) is 4.79 Å². The second-order valence-corrected chi connectivity index (χ2v) is 6.61. The van der Waals surface area contributed by atoms with Gasteiger partial charge in [0.1, 0.15) is 12.4 Å². The van der Waals surface area contributed by atoms with Crippen LogP contribution in [0, 0.1) is 5.82 Å². The van der Waals surface area contributed by atoms with E-state index in [1.807, 2.05) is 12.1 Å². The predicted molar refractivity (Wildman–Crippen MR) is 99.9 cm³/mol. The van der Waals surface area contributed by atoms with E-state index in [1.54, 1.807) is 21.9 Å². The van der Waals surface area contributed by atoms with Crippen molar-refractivity contribution in [1.82, 2.24) is 9.80 Å². The van der Waals surface area contributed by atoms with Gasteiger partial charge < -0.3 is 24.6 Å². The van der Waals surface area contributed by atoms with E-state index in [0.29, 0.717) is 43.4 Å². The zero-order chi connectivity index (χ0) is 19.5. The van der Waals surface area contributed by atoms with E-state index < -0.39 is 6.10 Å². The van der Waals surface area contributed by atoms with Gasteiger partial charge in [0.15, 0.2) is 11.5 Å². The maximum absolute atomic E-state index is 13.0. The van der Waals surface area contributed by atoms with Crippen LogP contribution >= 0.6 is 0 Å². The number of carbonyl (C=O) groups excluding carboxylic acids is 2. The minimum absolute atomic E-state index is 0.145. The first kappa shape index (κ1) is 18.1. The molecule has 0 aliphatic carbocycles. The normalized spacial score (nSPS) is 18.5. The van der Waals surface area contributed by atoms with Gasteiger partial charge in [-0.1, -0.05) is 12.1 Å². The van der Waals surface area contributed by atoms with Crippen LogP contribution in [-0.4, -0.2) is 60.6 Å². The third kappa shape index (κ3) is 3.85. The topological polar surface area (TPSA) is 71.1 Å². The summed E-state index contributed by atoms with van der Waals surface area (Å²) in [5.41, 5.74) is 0.524. The Morgan fingerprint density at radius 1 is 0.929 bits per heavy atom. The van der Waals surface area contributed by atoms with Crippen molar-refractivity contribution in [3.05, 3.63) is 54.3 Å². The number of fused-ring (bicyclic) bond motifs is 1. The van der Waals surface area contributed by atoms with Crippen LogP contribution in [0.1, 0.15) is 0 Å². The first-order chi connectivity index (χ1) is 13.6. The summed E-state index contributed by atoms with van der Waals surface area (Å²) >= 11 is 0. The lowest BCUT2D eigenvalue weighted by Gasteiger charge is -2.37. The monoisotopic (exact) mass is 385 g/mol. The summed E-state index contributed by atoms with van der Waals surface area (Å²) in [6, 6.07) is 12.6. The number of para-hydroxylation sites is 2. The lowest BCUT2D eigenvalue weighted by molar-refractivity contribution is -0.142. The fraction of sp³-hybridized carbons (Fsp3) is 0.300. The molecule has 146 valence electrons. The second-order valence-electron chi connectivity index (χ2n) is 6.61. The largest absolute Gasteiger partial charge is 0.485 e. The van der Waals surface area contributed by atoms with Crippen LogP contribution in [0.4, 0.5) is 14.9 Å². The molecule has 28 heavy (non-hydrogen) atoms. The van der Waals surface area contributed by atoms with Gasteiger partial charge in [0.2, 0.25) is 6.10 Å². The molecule has 1 atom stereocenters. The summed E-state index contributed by atoms with van der Waals surface area (Å²) in [6.07, 6.45) is -0.686. The number of nitrogens with zero attached hydrogens (tertiary/aromatic N) is 2. The van der Waals surface area contributed by atoms with Crippen LogP contribution in [-0.2, 0) is 4.79 Å². The SMILES string of the molecule is O=C(Nc1ccc(F)cc1)N1CCN(C(=O)[C@H]2COc3ccccc3O2)CC1. The van der Waals surface area contributed by atoms with E-state index in [9.17, 15) is 14.0 Å². The molecule has 4 rings (SSSR count). The van der Waals surface area contributed by atoms with Gasteiger partial charge >= 0.3 is 6.03 Å². The molecule has 3 amide bonds. The fourth-order valence-corrected chi connectivity index (χ4v) is 3.21. The molecule has 2 aromatic rings. The molecule has 0 radical (unpaired) electrons. The van der Waals surface area contributed by atoms with Crippen molar-refractivity contribution in [1.29, 1.82) is 0 Å². The van der Waals surface area contributed by atoms with Crippen LogP contribution in [0.5, 0.6) is 11.5 Å². The number of piperazine rings is 1. The molecule has 0 aromatic heterocycles. The van der Waals surface area contributed by atoms with E-state index >= 15 is 0 Å². The van der Waals surface area contributed by atoms with Crippen LogP contribution in [0.25, 0.3) is 0 Å². The summed E-state index contributed by atoms with van der Waals surface area (Å²) in [7, 11) is 0. The highest BCUT2D eigenvalue weighted by atomic mass is 19.1. The van der Waals surface area contributed by atoms with E-state index in [1.165, 1.54) is 24.3 Å². The van der Waals surface area contributed by atoms with Crippen LogP contribution in [0.2, 0.25) is 0 Å². The molecule has 8 heteroatoms. The molecule has 2 aromatic carbocycles. The number of rotatable bonds is 2. The summed E-state index contributed by atoms with van der Waals surface area (Å²) in [6.45, 7) is 1.81. The Kier molecular flexibility index (Phi) is 5.01. The standard InChI is InChI=1S/C20H20FN3O4/c21-14-5-7-15(8-6-14)22-20(26)24-11-9-23(10-12-24)19(25)18-13-27-16-3-1-2-4-17(16)28-18/h1-8,18H,9-13H2,(H,22,26)/t18-/m1/s1. The average Bonchev–Trinajstić information content (AvgIpc) is 2.74. The summed E-state index contributed by atoms with van der Waals surface area (Å²) in [4.78, 5) is 28.4. The average molecular weight is 385 g/mol. The zero-order valence-corrected chi connectivity index (χ0v) is 15.1. The quantitative estimate of drug-likeness (QED) is 0.862. The number of ether oxygens (including phenoxy) is 2. The number of hydrogen-bond donors (Lipinski definition) is 1. The Morgan fingerprint density at radius 3 is 2.29 bits per heavy atom. The molecule has 0 unspecified atom stereocenters. The third-order valence-electron chi connectivity index (χ3n) is 4.76. The molecule has 0 bridgehead atoms. The highest BCUT2D eigenvalue weighted by Gasteiger charge is 2.33. The summed E-state index contributed by atoms with van der Waals surface area (Å²) in [5.74, 6) is 0.688. The lowest BCUT2D eigenvalue weighted by atomic mass is 10.2. The first-order valence-corrected chi connectivity index (χ1v) is 9.09.